The molecule has 0 atom stereocenters. The van der Waals surface area contributed by atoms with Crippen LogP contribution in [0.15, 0.2) is 0 Å². The first-order chi connectivity index (χ1) is 9.10. The van der Waals surface area contributed by atoms with Gasteiger partial charge in [0.15, 0.2) is 0 Å². The van der Waals surface area contributed by atoms with Crippen molar-refractivity contribution < 1.29 is 13.9 Å². The van der Waals surface area contributed by atoms with Gasteiger partial charge < -0.3 is 4.74 Å². The fourth-order valence-corrected chi connectivity index (χ4v) is 2.75. The molecule has 1 heterocycles. The highest BCUT2D eigenvalue weighted by atomic mass is 19.1. The minimum absolute atomic E-state index is 0.118. The molecular formula is C15H27FN2O2. The van der Waals surface area contributed by atoms with Crippen molar-refractivity contribution in [3.8, 4) is 0 Å². The molecule has 2 fully saturated rings. The first-order valence-corrected chi connectivity index (χ1v) is 7.41. The molecular weight excluding hydrogens is 259 g/mol. The van der Waals surface area contributed by atoms with Crippen molar-refractivity contribution in [2.75, 3.05) is 26.3 Å². The van der Waals surface area contributed by atoms with Gasteiger partial charge in [-0.2, -0.15) is 0 Å². The average molecular weight is 286 g/mol. The van der Waals surface area contributed by atoms with Gasteiger partial charge in [-0.05, 0) is 47.5 Å². The molecule has 1 amide bonds. The molecule has 1 saturated heterocycles. The number of halogens is 1. The molecule has 1 aliphatic heterocycles. The van der Waals surface area contributed by atoms with Crippen molar-refractivity contribution in [2.45, 2.75) is 64.1 Å². The largest absolute Gasteiger partial charge is 0.444 e. The number of rotatable bonds is 2. The van der Waals surface area contributed by atoms with Crippen molar-refractivity contribution in [3.63, 3.8) is 0 Å². The summed E-state index contributed by atoms with van der Waals surface area (Å²) in [6.45, 7) is 11.2. The van der Waals surface area contributed by atoms with Crippen molar-refractivity contribution >= 4 is 6.09 Å². The number of ether oxygens (including phenoxy) is 1. The van der Waals surface area contributed by atoms with Gasteiger partial charge in [0.05, 0.1) is 5.54 Å². The molecule has 0 aromatic carbocycles. The van der Waals surface area contributed by atoms with Crippen molar-refractivity contribution in [3.05, 3.63) is 0 Å². The SMILES string of the molecule is CC(C)(C)OC(=O)N1CCN(C(C)(C)CF)CC12CC2. The van der Waals surface area contributed by atoms with Crippen LogP contribution in [-0.4, -0.2) is 58.9 Å². The van der Waals surface area contributed by atoms with Crippen molar-refractivity contribution in [2.24, 2.45) is 0 Å². The van der Waals surface area contributed by atoms with E-state index < -0.39 is 11.1 Å². The van der Waals surface area contributed by atoms with E-state index in [1.54, 1.807) is 0 Å². The Morgan fingerprint density at radius 1 is 1.20 bits per heavy atom. The highest BCUT2D eigenvalue weighted by Gasteiger charge is 2.55. The summed E-state index contributed by atoms with van der Waals surface area (Å²) in [5, 5.41) is 0. The molecule has 116 valence electrons. The Labute approximate surface area is 121 Å². The molecule has 1 aliphatic carbocycles. The predicted octanol–water partition coefficient (Wildman–Crippen LogP) is 2.82. The molecule has 0 aromatic rings. The lowest BCUT2D eigenvalue weighted by Gasteiger charge is -2.47. The van der Waals surface area contributed by atoms with Crippen LogP contribution in [0.1, 0.15) is 47.5 Å². The second-order valence-electron chi connectivity index (χ2n) is 7.72. The van der Waals surface area contributed by atoms with Gasteiger partial charge in [-0.25, -0.2) is 9.18 Å². The number of alkyl halides is 1. The summed E-state index contributed by atoms with van der Waals surface area (Å²) in [6.07, 6.45) is 1.75. The van der Waals surface area contributed by atoms with Crippen LogP contribution in [0.2, 0.25) is 0 Å². The van der Waals surface area contributed by atoms with E-state index in [4.69, 9.17) is 4.74 Å². The molecule has 0 bridgehead atoms. The third-order valence-electron chi connectivity index (χ3n) is 4.28. The molecule has 0 radical (unpaired) electrons. The average Bonchev–Trinajstić information content (AvgIpc) is 3.06. The molecule has 5 heteroatoms. The smallest absolute Gasteiger partial charge is 0.410 e. The summed E-state index contributed by atoms with van der Waals surface area (Å²) in [5.41, 5.74) is -1.04. The zero-order valence-electron chi connectivity index (χ0n) is 13.3. The maximum atomic E-state index is 13.2. The fourth-order valence-electron chi connectivity index (χ4n) is 2.75. The number of piperazine rings is 1. The number of amides is 1. The van der Waals surface area contributed by atoms with Crippen LogP contribution < -0.4 is 0 Å². The normalized spacial score (nSPS) is 23.0. The summed E-state index contributed by atoms with van der Waals surface area (Å²) in [7, 11) is 0. The van der Waals surface area contributed by atoms with E-state index in [9.17, 15) is 9.18 Å². The molecule has 0 N–H and O–H groups in total. The molecule has 20 heavy (non-hydrogen) atoms. The van der Waals surface area contributed by atoms with Gasteiger partial charge in [-0.1, -0.05) is 0 Å². The van der Waals surface area contributed by atoms with E-state index in [0.29, 0.717) is 13.1 Å². The van der Waals surface area contributed by atoms with Gasteiger partial charge >= 0.3 is 6.09 Å². The number of hydrogen-bond donors (Lipinski definition) is 0. The van der Waals surface area contributed by atoms with E-state index in [1.165, 1.54) is 0 Å². The highest BCUT2D eigenvalue weighted by molar-refractivity contribution is 5.70. The van der Waals surface area contributed by atoms with Crippen LogP contribution in [0.5, 0.6) is 0 Å². The minimum Gasteiger partial charge on any atom is -0.444 e. The quantitative estimate of drug-likeness (QED) is 0.782. The van der Waals surface area contributed by atoms with E-state index >= 15 is 0 Å². The van der Waals surface area contributed by atoms with Crippen LogP contribution in [0.3, 0.4) is 0 Å². The van der Waals surface area contributed by atoms with Gasteiger partial charge in [0, 0.05) is 25.2 Å². The zero-order chi connectivity index (χ0) is 15.2. The molecule has 1 spiro atoms. The van der Waals surface area contributed by atoms with Gasteiger partial charge in [-0.15, -0.1) is 0 Å². The molecule has 0 aromatic heterocycles. The maximum Gasteiger partial charge on any atom is 0.410 e. The van der Waals surface area contributed by atoms with E-state index in [0.717, 1.165) is 19.4 Å². The first-order valence-electron chi connectivity index (χ1n) is 7.41. The summed E-state index contributed by atoms with van der Waals surface area (Å²) >= 11 is 0. The maximum absolute atomic E-state index is 13.2. The second kappa shape index (κ2) is 4.86. The summed E-state index contributed by atoms with van der Waals surface area (Å²) < 4.78 is 18.7. The van der Waals surface area contributed by atoms with E-state index in [1.807, 2.05) is 39.5 Å². The standard InChI is InChI=1S/C15H27FN2O2/c1-13(2,3)20-12(19)18-9-8-17(14(4,5)10-16)11-15(18)6-7-15/h6-11H2,1-5H3. The Kier molecular flexibility index (Phi) is 3.78. The van der Waals surface area contributed by atoms with E-state index in [-0.39, 0.29) is 18.3 Å². The Morgan fingerprint density at radius 2 is 1.80 bits per heavy atom. The molecule has 4 nitrogen and oxygen atoms in total. The lowest BCUT2D eigenvalue weighted by Crippen LogP contribution is -2.62. The number of carbonyl (C=O) groups is 1. The second-order valence-corrected chi connectivity index (χ2v) is 7.72. The van der Waals surface area contributed by atoms with Crippen molar-refractivity contribution in [1.29, 1.82) is 0 Å². The van der Waals surface area contributed by atoms with Crippen LogP contribution >= 0.6 is 0 Å². The lowest BCUT2D eigenvalue weighted by molar-refractivity contribution is -0.0294. The number of carbonyl (C=O) groups excluding carboxylic acids is 1. The van der Waals surface area contributed by atoms with Crippen LogP contribution in [0.4, 0.5) is 9.18 Å². The van der Waals surface area contributed by atoms with Crippen LogP contribution in [-0.2, 0) is 4.74 Å². The van der Waals surface area contributed by atoms with Crippen LogP contribution in [0, 0.1) is 0 Å². The lowest BCUT2D eigenvalue weighted by atomic mass is 10.0. The number of nitrogens with zero attached hydrogens (tertiary/aromatic N) is 2. The Hall–Kier alpha value is -0.840. The van der Waals surface area contributed by atoms with Crippen LogP contribution in [0.25, 0.3) is 0 Å². The van der Waals surface area contributed by atoms with Gasteiger partial charge in [0.1, 0.15) is 12.3 Å². The minimum atomic E-state index is -0.470. The monoisotopic (exact) mass is 286 g/mol. The predicted molar refractivity (Wildman–Crippen MR) is 76.5 cm³/mol. The topological polar surface area (TPSA) is 32.8 Å². The van der Waals surface area contributed by atoms with Gasteiger partial charge in [-0.3, -0.25) is 9.80 Å². The third kappa shape index (κ3) is 3.08. The molecule has 0 unspecified atom stereocenters. The van der Waals surface area contributed by atoms with Gasteiger partial charge in [0.2, 0.25) is 0 Å². The fraction of sp³-hybridized carbons (Fsp3) is 0.933. The number of hydrogen-bond acceptors (Lipinski definition) is 3. The Balaban J connectivity index is 2.05. The molecule has 2 aliphatic rings. The van der Waals surface area contributed by atoms with E-state index in [2.05, 4.69) is 4.90 Å². The molecule has 1 saturated carbocycles. The summed E-state index contributed by atoms with van der Waals surface area (Å²) in [6, 6.07) is 0. The zero-order valence-corrected chi connectivity index (χ0v) is 13.3. The molecule has 2 rings (SSSR count). The Morgan fingerprint density at radius 3 is 2.25 bits per heavy atom. The highest BCUT2D eigenvalue weighted by Crippen LogP contribution is 2.46. The third-order valence-corrected chi connectivity index (χ3v) is 4.28. The first kappa shape index (κ1) is 15.5. The van der Waals surface area contributed by atoms with Gasteiger partial charge in [0.25, 0.3) is 0 Å². The van der Waals surface area contributed by atoms with Crippen molar-refractivity contribution in [1.82, 2.24) is 9.80 Å². The summed E-state index contributed by atoms with van der Waals surface area (Å²) in [4.78, 5) is 16.3. The summed E-state index contributed by atoms with van der Waals surface area (Å²) in [5.74, 6) is 0. The Bertz CT molecular complexity index is 386.